The number of H-pyrrole nitrogens is 1. The molecule has 1 unspecified atom stereocenters. The van der Waals surface area contributed by atoms with Gasteiger partial charge in [0, 0.05) is 30.1 Å². The number of piperidine rings is 1. The van der Waals surface area contributed by atoms with Crippen LogP contribution in [-0.2, 0) is 11.2 Å². The summed E-state index contributed by atoms with van der Waals surface area (Å²) in [6.45, 7) is 2.26. The number of nitrogens with two attached hydrogens (primary N) is 2. The van der Waals surface area contributed by atoms with Crippen molar-refractivity contribution in [3.63, 3.8) is 0 Å². The molecule has 2 aromatic carbocycles. The zero-order valence-electron chi connectivity index (χ0n) is 23.5. The van der Waals surface area contributed by atoms with Gasteiger partial charge in [-0.05, 0) is 99.2 Å². The van der Waals surface area contributed by atoms with Gasteiger partial charge in [0.15, 0.2) is 0 Å². The Bertz CT molecular complexity index is 1350. The van der Waals surface area contributed by atoms with Gasteiger partial charge < -0.3 is 26.7 Å². The number of nitrogens with one attached hydrogen (secondary N) is 2. The van der Waals surface area contributed by atoms with E-state index in [0.29, 0.717) is 35.8 Å². The number of carbonyl (C=O) groups is 3. The fourth-order valence-electron chi connectivity index (χ4n) is 5.99. The van der Waals surface area contributed by atoms with Crippen molar-refractivity contribution in [3.05, 3.63) is 77.2 Å². The molecule has 0 spiro atoms. The first-order valence-corrected chi connectivity index (χ1v) is 14.7. The van der Waals surface area contributed by atoms with Crippen molar-refractivity contribution in [2.75, 3.05) is 19.6 Å². The molecular weight excluding hydrogens is 516 g/mol. The van der Waals surface area contributed by atoms with E-state index in [4.69, 9.17) is 11.5 Å². The number of carbonyl (C=O) groups excluding carboxylic acids is 3. The van der Waals surface area contributed by atoms with Gasteiger partial charge in [-0.15, -0.1) is 0 Å². The van der Waals surface area contributed by atoms with Crippen LogP contribution < -0.4 is 16.8 Å². The topological polar surface area (TPSA) is 147 Å². The van der Waals surface area contributed by atoms with Gasteiger partial charge >= 0.3 is 0 Å². The van der Waals surface area contributed by atoms with Crippen LogP contribution in [0.5, 0.6) is 0 Å². The number of imidazole rings is 1. The lowest BCUT2D eigenvalue weighted by atomic mass is 9.81. The van der Waals surface area contributed by atoms with Gasteiger partial charge in [0.05, 0.1) is 17.9 Å². The van der Waals surface area contributed by atoms with Crippen LogP contribution in [0.3, 0.4) is 0 Å². The molecule has 9 nitrogen and oxygen atoms in total. The molecule has 2 heterocycles. The van der Waals surface area contributed by atoms with Gasteiger partial charge in [-0.3, -0.25) is 14.4 Å². The third kappa shape index (κ3) is 7.03. The van der Waals surface area contributed by atoms with Crippen LogP contribution in [0.4, 0.5) is 0 Å². The minimum absolute atomic E-state index is 0.0229. The molecule has 9 heteroatoms. The second-order valence-corrected chi connectivity index (χ2v) is 11.4. The van der Waals surface area contributed by atoms with Crippen LogP contribution >= 0.6 is 0 Å². The maximum Gasteiger partial charge on any atom is 0.253 e. The van der Waals surface area contributed by atoms with Crippen molar-refractivity contribution >= 4 is 17.7 Å². The summed E-state index contributed by atoms with van der Waals surface area (Å²) in [5.41, 5.74) is 14.9. The molecule has 1 saturated heterocycles. The summed E-state index contributed by atoms with van der Waals surface area (Å²) >= 11 is 0. The lowest BCUT2D eigenvalue weighted by Crippen LogP contribution is -2.38. The minimum atomic E-state index is -0.480. The van der Waals surface area contributed by atoms with Gasteiger partial charge in [0.2, 0.25) is 11.8 Å². The summed E-state index contributed by atoms with van der Waals surface area (Å²) in [6, 6.07) is 14.3. The lowest BCUT2D eigenvalue weighted by molar-refractivity contribution is -0.127. The van der Waals surface area contributed by atoms with E-state index in [2.05, 4.69) is 15.3 Å². The number of aromatic nitrogens is 2. The summed E-state index contributed by atoms with van der Waals surface area (Å²) < 4.78 is 0. The second-order valence-electron chi connectivity index (χ2n) is 11.4. The summed E-state index contributed by atoms with van der Waals surface area (Å²) in [5.74, 6) is 0.673. The van der Waals surface area contributed by atoms with E-state index in [1.165, 1.54) is 6.42 Å². The Kier molecular flexibility index (Phi) is 9.14. The first-order chi connectivity index (χ1) is 19.9. The zero-order chi connectivity index (χ0) is 28.8. The zero-order valence-corrected chi connectivity index (χ0v) is 23.5. The smallest absolute Gasteiger partial charge is 0.253 e. The number of aromatic amines is 1. The molecule has 0 radical (unpaired) electrons. The van der Waals surface area contributed by atoms with Crippen molar-refractivity contribution in [3.8, 4) is 11.3 Å². The summed E-state index contributed by atoms with van der Waals surface area (Å²) in [5, 5.41) is 3.26. The van der Waals surface area contributed by atoms with E-state index in [9.17, 15) is 14.4 Å². The van der Waals surface area contributed by atoms with E-state index < -0.39 is 11.9 Å². The Balaban J connectivity index is 1.37. The lowest BCUT2D eigenvalue weighted by Gasteiger charge is -2.28. The van der Waals surface area contributed by atoms with Crippen LogP contribution in [0, 0.1) is 11.8 Å². The maximum atomic E-state index is 13.4. The first kappa shape index (κ1) is 28.5. The summed E-state index contributed by atoms with van der Waals surface area (Å²) in [6.07, 6.45) is 9.05. The van der Waals surface area contributed by atoms with Crippen LogP contribution in [0.15, 0.2) is 54.7 Å². The van der Waals surface area contributed by atoms with Gasteiger partial charge in [-0.1, -0.05) is 24.3 Å². The van der Waals surface area contributed by atoms with Crippen LogP contribution in [-0.4, -0.2) is 52.2 Å². The monoisotopic (exact) mass is 556 g/mol. The Morgan fingerprint density at radius 1 is 0.976 bits per heavy atom. The second kappa shape index (κ2) is 13.1. The van der Waals surface area contributed by atoms with E-state index in [0.717, 1.165) is 68.4 Å². The minimum Gasteiger partial charge on any atom is -0.366 e. The molecule has 0 bridgehead atoms. The standard InChI is InChI=1S/C32H40N6O3/c33-19-21-7-9-25(10-8-21)31(40)37-27(30-35-20-28(36-30)23-11-13-24(14-12-23)29(34)39)18-22-5-4-6-26(17-22)32(41)38-15-2-1-3-16-38/h4-6,11-14,17,20-21,25,27H,1-3,7-10,15-16,18-19,33H2,(H2,34,39)(H,35,36)(H,37,40). The van der Waals surface area contributed by atoms with E-state index in [1.54, 1.807) is 18.3 Å². The molecule has 5 rings (SSSR count). The highest BCUT2D eigenvalue weighted by Crippen LogP contribution is 2.30. The SMILES string of the molecule is NCC1CCC(C(=O)NC(Cc2cccc(C(=O)N3CCCCC3)c2)c2ncc(-c3ccc(C(N)=O)cc3)[nH]2)CC1. The molecule has 1 aliphatic carbocycles. The Labute approximate surface area is 241 Å². The predicted octanol–water partition coefficient (Wildman–Crippen LogP) is 3.97. The largest absolute Gasteiger partial charge is 0.366 e. The van der Waals surface area contributed by atoms with Crippen molar-refractivity contribution in [1.29, 1.82) is 0 Å². The van der Waals surface area contributed by atoms with E-state index >= 15 is 0 Å². The molecule has 41 heavy (non-hydrogen) atoms. The molecule has 3 amide bonds. The fraction of sp³-hybridized carbons (Fsp3) is 0.438. The molecule has 216 valence electrons. The van der Waals surface area contributed by atoms with Crippen molar-refractivity contribution in [2.24, 2.45) is 23.3 Å². The molecule has 1 atom stereocenters. The number of hydrogen-bond donors (Lipinski definition) is 4. The fourth-order valence-corrected chi connectivity index (χ4v) is 5.99. The normalized spacial score (nSPS) is 19.9. The summed E-state index contributed by atoms with van der Waals surface area (Å²) in [7, 11) is 0. The quantitative estimate of drug-likeness (QED) is 0.315. The van der Waals surface area contributed by atoms with Crippen LogP contribution in [0.25, 0.3) is 11.3 Å². The Morgan fingerprint density at radius 2 is 1.71 bits per heavy atom. The number of nitrogens with zero attached hydrogens (tertiary/aromatic N) is 2. The number of primary amides is 1. The van der Waals surface area contributed by atoms with Gasteiger partial charge in [0.1, 0.15) is 5.82 Å². The number of likely N-dealkylation sites (tertiary alicyclic amines) is 1. The molecule has 6 N–H and O–H groups in total. The molecular formula is C32H40N6O3. The Hall–Kier alpha value is -3.98. The van der Waals surface area contributed by atoms with E-state index in [-0.39, 0.29) is 17.7 Å². The molecule has 1 aromatic heterocycles. The first-order valence-electron chi connectivity index (χ1n) is 14.7. The van der Waals surface area contributed by atoms with Crippen molar-refractivity contribution < 1.29 is 14.4 Å². The average molecular weight is 557 g/mol. The van der Waals surface area contributed by atoms with Gasteiger partial charge in [-0.25, -0.2) is 4.98 Å². The molecule has 1 aliphatic heterocycles. The third-order valence-corrected chi connectivity index (χ3v) is 8.53. The summed E-state index contributed by atoms with van der Waals surface area (Å²) in [4.78, 5) is 48.0. The van der Waals surface area contributed by atoms with Crippen LogP contribution in [0.2, 0.25) is 0 Å². The highest BCUT2D eigenvalue weighted by atomic mass is 16.2. The molecule has 2 aliphatic rings. The average Bonchev–Trinajstić information content (AvgIpc) is 3.51. The van der Waals surface area contributed by atoms with Crippen molar-refractivity contribution in [2.45, 2.75) is 57.4 Å². The predicted molar refractivity (Wildman–Crippen MR) is 158 cm³/mol. The number of hydrogen-bond acceptors (Lipinski definition) is 5. The maximum absolute atomic E-state index is 13.4. The number of rotatable bonds is 9. The highest BCUT2D eigenvalue weighted by Gasteiger charge is 2.29. The molecule has 2 fully saturated rings. The molecule has 3 aromatic rings. The van der Waals surface area contributed by atoms with Crippen LogP contribution in [0.1, 0.15) is 83.1 Å². The Morgan fingerprint density at radius 3 is 2.39 bits per heavy atom. The van der Waals surface area contributed by atoms with Crippen molar-refractivity contribution in [1.82, 2.24) is 20.2 Å². The third-order valence-electron chi connectivity index (χ3n) is 8.53. The highest BCUT2D eigenvalue weighted by molar-refractivity contribution is 5.94. The number of amides is 3. The number of benzene rings is 2. The van der Waals surface area contributed by atoms with Gasteiger partial charge in [-0.2, -0.15) is 0 Å². The van der Waals surface area contributed by atoms with E-state index in [1.807, 2.05) is 41.3 Å². The van der Waals surface area contributed by atoms with Gasteiger partial charge in [0.25, 0.3) is 5.91 Å². The molecule has 1 saturated carbocycles.